The maximum atomic E-state index is 12.4. The Hall–Kier alpha value is -2.49. The molecule has 8 nitrogen and oxygen atoms in total. The van der Waals surface area contributed by atoms with E-state index in [1.807, 2.05) is 26.0 Å². The number of hydrogen-bond donors (Lipinski definition) is 5. The Labute approximate surface area is 174 Å². The summed E-state index contributed by atoms with van der Waals surface area (Å²) in [6.07, 6.45) is -6.70. The molecule has 2 aromatic carbocycles. The minimum absolute atomic E-state index is 0.177. The number of carbonyl (C=O) groups is 1. The van der Waals surface area contributed by atoms with Gasteiger partial charge in [0.15, 0.2) is 0 Å². The fourth-order valence-corrected chi connectivity index (χ4v) is 3.20. The first-order chi connectivity index (χ1) is 14.3. The fraction of sp³-hybridized carbons (Fsp3) is 0.409. The number of ether oxygens (including phenoxy) is 2. The molecule has 0 saturated carbocycles. The minimum atomic E-state index is -1.50. The summed E-state index contributed by atoms with van der Waals surface area (Å²) in [5, 5.41) is 41.9. The maximum Gasteiger partial charge on any atom is 0.251 e. The summed E-state index contributed by atoms with van der Waals surface area (Å²) < 4.78 is 10.9. The Morgan fingerprint density at radius 2 is 1.67 bits per heavy atom. The van der Waals surface area contributed by atoms with Gasteiger partial charge in [-0.15, -0.1) is 0 Å². The van der Waals surface area contributed by atoms with Crippen LogP contribution in [0.25, 0.3) is 0 Å². The third-order valence-electron chi connectivity index (χ3n) is 5.14. The molecule has 0 radical (unpaired) electrons. The Kier molecular flexibility index (Phi) is 7.06. The van der Waals surface area contributed by atoms with Crippen LogP contribution >= 0.6 is 0 Å². The molecule has 162 valence electrons. The van der Waals surface area contributed by atoms with Crippen LogP contribution in [0.15, 0.2) is 48.5 Å². The molecule has 1 aliphatic heterocycles. The quantitative estimate of drug-likeness (QED) is 0.467. The lowest BCUT2D eigenvalue weighted by molar-refractivity contribution is -0.277. The first kappa shape index (κ1) is 22.2. The Morgan fingerprint density at radius 3 is 2.27 bits per heavy atom. The zero-order valence-corrected chi connectivity index (χ0v) is 16.8. The van der Waals surface area contributed by atoms with Crippen molar-refractivity contribution in [1.29, 1.82) is 0 Å². The lowest BCUT2D eigenvalue weighted by Gasteiger charge is -2.39. The molecule has 0 aromatic heterocycles. The van der Waals surface area contributed by atoms with Gasteiger partial charge in [0.1, 0.15) is 30.2 Å². The molecule has 0 bridgehead atoms. The van der Waals surface area contributed by atoms with E-state index in [1.165, 1.54) is 0 Å². The van der Waals surface area contributed by atoms with Gasteiger partial charge in [-0.05, 0) is 43.7 Å². The second-order valence-corrected chi connectivity index (χ2v) is 7.45. The standard InChI is InChI=1S/C22H27NO7/c1-12-3-5-15(6-4-12)21(28)23-13(2)14-7-9-16(10-8-14)29-22-20(27)19(26)18(25)17(11-24)30-22/h3-10,13,17-20,22,24-27H,11H2,1-2H3,(H,23,28). The van der Waals surface area contributed by atoms with Crippen molar-refractivity contribution in [3.05, 3.63) is 65.2 Å². The van der Waals surface area contributed by atoms with Gasteiger partial charge in [0.05, 0.1) is 12.6 Å². The van der Waals surface area contributed by atoms with Gasteiger partial charge >= 0.3 is 0 Å². The summed E-state index contributed by atoms with van der Waals surface area (Å²) in [6, 6.07) is 13.9. The maximum absolute atomic E-state index is 12.4. The Balaban J connectivity index is 1.61. The van der Waals surface area contributed by atoms with E-state index in [0.29, 0.717) is 11.3 Å². The van der Waals surface area contributed by atoms with Gasteiger partial charge in [-0.2, -0.15) is 0 Å². The van der Waals surface area contributed by atoms with Crippen molar-refractivity contribution in [3.8, 4) is 5.75 Å². The summed E-state index contributed by atoms with van der Waals surface area (Å²) in [5.74, 6) is 0.185. The van der Waals surface area contributed by atoms with Crippen LogP contribution in [0, 0.1) is 6.92 Å². The molecule has 8 heteroatoms. The van der Waals surface area contributed by atoms with Crippen molar-refractivity contribution in [3.63, 3.8) is 0 Å². The van der Waals surface area contributed by atoms with Crippen LogP contribution in [0.5, 0.6) is 5.75 Å². The molecule has 1 amide bonds. The number of rotatable bonds is 6. The van der Waals surface area contributed by atoms with Crippen LogP contribution in [0.4, 0.5) is 0 Å². The average molecular weight is 417 g/mol. The van der Waals surface area contributed by atoms with Gasteiger partial charge in [-0.3, -0.25) is 4.79 Å². The summed E-state index contributed by atoms with van der Waals surface area (Å²) in [5.41, 5.74) is 2.50. The number of amides is 1. The van der Waals surface area contributed by atoms with Crippen LogP contribution < -0.4 is 10.1 Å². The van der Waals surface area contributed by atoms with Crippen molar-refractivity contribution in [2.24, 2.45) is 0 Å². The van der Waals surface area contributed by atoms with Crippen molar-refractivity contribution in [1.82, 2.24) is 5.32 Å². The lowest BCUT2D eigenvalue weighted by Crippen LogP contribution is -2.60. The molecule has 2 aromatic rings. The number of nitrogens with one attached hydrogen (secondary N) is 1. The van der Waals surface area contributed by atoms with Crippen LogP contribution in [0.1, 0.15) is 34.5 Å². The predicted octanol–water partition coefficient (Wildman–Crippen LogP) is 0.665. The van der Waals surface area contributed by atoms with E-state index in [1.54, 1.807) is 36.4 Å². The highest BCUT2D eigenvalue weighted by Crippen LogP contribution is 2.25. The second kappa shape index (κ2) is 9.55. The molecule has 5 N–H and O–H groups in total. The van der Waals surface area contributed by atoms with Crippen molar-refractivity contribution in [2.75, 3.05) is 6.61 Å². The second-order valence-electron chi connectivity index (χ2n) is 7.45. The highest BCUT2D eigenvalue weighted by atomic mass is 16.7. The van der Waals surface area contributed by atoms with E-state index in [0.717, 1.165) is 11.1 Å². The number of carbonyl (C=O) groups excluding carboxylic acids is 1. The van der Waals surface area contributed by atoms with Crippen molar-refractivity contribution >= 4 is 5.91 Å². The molecule has 6 unspecified atom stereocenters. The van der Waals surface area contributed by atoms with Gasteiger partial charge in [0.25, 0.3) is 5.91 Å². The molecule has 1 aliphatic rings. The number of aliphatic hydroxyl groups excluding tert-OH is 4. The molecule has 6 atom stereocenters. The SMILES string of the molecule is Cc1ccc(C(=O)NC(C)c2ccc(OC3OC(CO)C(O)C(O)C3O)cc2)cc1. The molecule has 1 saturated heterocycles. The van der Waals surface area contributed by atoms with E-state index in [2.05, 4.69) is 5.32 Å². The van der Waals surface area contributed by atoms with E-state index in [-0.39, 0.29) is 11.9 Å². The summed E-state index contributed by atoms with van der Waals surface area (Å²) >= 11 is 0. The monoisotopic (exact) mass is 417 g/mol. The number of aliphatic hydroxyl groups is 4. The van der Waals surface area contributed by atoms with Crippen LogP contribution in [0.3, 0.4) is 0 Å². The topological polar surface area (TPSA) is 128 Å². The van der Waals surface area contributed by atoms with Gasteiger partial charge in [0, 0.05) is 5.56 Å². The molecule has 30 heavy (non-hydrogen) atoms. The van der Waals surface area contributed by atoms with Gasteiger partial charge < -0.3 is 35.2 Å². The zero-order chi connectivity index (χ0) is 21.8. The van der Waals surface area contributed by atoms with E-state index >= 15 is 0 Å². The zero-order valence-electron chi connectivity index (χ0n) is 16.8. The third kappa shape index (κ3) is 4.97. The molecule has 3 rings (SSSR count). The van der Waals surface area contributed by atoms with Crippen LogP contribution in [0.2, 0.25) is 0 Å². The minimum Gasteiger partial charge on any atom is -0.462 e. The Bertz CT molecular complexity index is 838. The number of hydrogen-bond acceptors (Lipinski definition) is 7. The van der Waals surface area contributed by atoms with E-state index in [9.17, 15) is 25.2 Å². The first-order valence-electron chi connectivity index (χ1n) is 9.75. The van der Waals surface area contributed by atoms with E-state index in [4.69, 9.17) is 9.47 Å². The lowest BCUT2D eigenvalue weighted by atomic mass is 9.99. The highest BCUT2D eigenvalue weighted by Gasteiger charge is 2.44. The molecule has 0 aliphatic carbocycles. The predicted molar refractivity (Wildman–Crippen MR) is 108 cm³/mol. The number of aryl methyl sites for hydroxylation is 1. The van der Waals surface area contributed by atoms with Gasteiger partial charge in [-0.25, -0.2) is 0 Å². The van der Waals surface area contributed by atoms with Crippen LogP contribution in [-0.2, 0) is 4.74 Å². The third-order valence-corrected chi connectivity index (χ3v) is 5.14. The molecule has 1 heterocycles. The molecular weight excluding hydrogens is 390 g/mol. The van der Waals surface area contributed by atoms with Crippen LogP contribution in [-0.4, -0.2) is 63.6 Å². The number of benzene rings is 2. The summed E-state index contributed by atoms with van der Waals surface area (Å²) in [6.45, 7) is 3.29. The summed E-state index contributed by atoms with van der Waals surface area (Å²) in [7, 11) is 0. The van der Waals surface area contributed by atoms with Gasteiger partial charge in [-0.1, -0.05) is 29.8 Å². The normalized spacial score (nSPS) is 27.3. The largest absolute Gasteiger partial charge is 0.462 e. The Morgan fingerprint density at radius 1 is 1.03 bits per heavy atom. The average Bonchev–Trinajstić information content (AvgIpc) is 2.75. The van der Waals surface area contributed by atoms with E-state index < -0.39 is 37.3 Å². The van der Waals surface area contributed by atoms with Crippen molar-refractivity contribution < 1.29 is 34.7 Å². The molecule has 0 spiro atoms. The molecule has 1 fully saturated rings. The van der Waals surface area contributed by atoms with Crippen molar-refractivity contribution in [2.45, 2.75) is 50.6 Å². The summed E-state index contributed by atoms with van der Waals surface area (Å²) in [4.78, 5) is 12.4. The molecular formula is C22H27NO7. The highest BCUT2D eigenvalue weighted by molar-refractivity contribution is 5.94. The van der Waals surface area contributed by atoms with Gasteiger partial charge in [0.2, 0.25) is 6.29 Å². The fourth-order valence-electron chi connectivity index (χ4n) is 3.20. The smallest absolute Gasteiger partial charge is 0.251 e. The first-order valence-corrected chi connectivity index (χ1v) is 9.75.